The predicted molar refractivity (Wildman–Crippen MR) is 61.0 cm³/mol. The highest BCUT2D eigenvalue weighted by Gasteiger charge is 2.07. The van der Waals surface area contributed by atoms with Crippen molar-refractivity contribution in [2.24, 2.45) is 0 Å². The minimum atomic E-state index is -3.13. The summed E-state index contributed by atoms with van der Waals surface area (Å²) < 4.78 is 30.4. The van der Waals surface area contributed by atoms with Gasteiger partial charge in [-0.25, -0.2) is 13.1 Å². The minimum Gasteiger partial charge on any atom is -0.467 e. The molecule has 0 aliphatic carbocycles. The molecule has 0 saturated carbocycles. The van der Waals surface area contributed by atoms with E-state index in [2.05, 4.69) is 26.0 Å². The van der Waals surface area contributed by atoms with Crippen LogP contribution in [0.25, 0.3) is 0 Å². The average Bonchev–Trinajstić information content (AvgIpc) is 2.59. The third-order valence-electron chi connectivity index (χ3n) is 1.84. The van der Waals surface area contributed by atoms with Crippen molar-refractivity contribution in [1.29, 1.82) is 0 Å². The van der Waals surface area contributed by atoms with Gasteiger partial charge in [-0.15, -0.1) is 0 Å². The van der Waals surface area contributed by atoms with Gasteiger partial charge in [0, 0.05) is 6.54 Å². The van der Waals surface area contributed by atoms with E-state index in [1.807, 2.05) is 0 Å². The molecular formula is C8H13BrN2O3S. The summed E-state index contributed by atoms with van der Waals surface area (Å²) in [6, 6.07) is 1.79. The molecule has 0 saturated heterocycles. The molecule has 1 heterocycles. The second-order valence-corrected chi connectivity index (χ2v) is 5.79. The van der Waals surface area contributed by atoms with Gasteiger partial charge in [-0.05, 0) is 29.0 Å². The largest absolute Gasteiger partial charge is 0.467 e. The van der Waals surface area contributed by atoms with Crippen LogP contribution in [0.15, 0.2) is 21.2 Å². The molecule has 1 rings (SSSR count). The predicted octanol–water partition coefficient (Wildman–Crippen LogP) is 0.681. The van der Waals surface area contributed by atoms with Crippen LogP contribution < -0.4 is 10.0 Å². The maximum absolute atomic E-state index is 11.0. The van der Waals surface area contributed by atoms with Crippen LogP contribution in [0.2, 0.25) is 0 Å². The Hall–Kier alpha value is -0.370. The third-order valence-corrected chi connectivity index (χ3v) is 3.91. The second kappa shape index (κ2) is 5.64. The van der Waals surface area contributed by atoms with Gasteiger partial charge in [0.2, 0.25) is 10.0 Å². The van der Waals surface area contributed by atoms with Crippen LogP contribution in [0.5, 0.6) is 0 Å². The zero-order chi connectivity index (χ0) is 11.3. The van der Waals surface area contributed by atoms with Crippen molar-refractivity contribution in [1.82, 2.24) is 10.0 Å². The summed E-state index contributed by atoms with van der Waals surface area (Å²) in [5.41, 5.74) is 0. The van der Waals surface area contributed by atoms with Gasteiger partial charge in [0.25, 0.3) is 0 Å². The third kappa shape index (κ3) is 4.33. The van der Waals surface area contributed by atoms with Crippen molar-refractivity contribution in [2.45, 2.75) is 6.54 Å². The summed E-state index contributed by atoms with van der Waals surface area (Å²) in [7, 11) is -1.72. The van der Waals surface area contributed by atoms with E-state index in [-0.39, 0.29) is 5.75 Å². The summed E-state index contributed by atoms with van der Waals surface area (Å²) in [5.74, 6) is 0.818. The standard InChI is InChI=1S/C8H13BrN2O3S/c1-10-15(12,13)5-3-11-6-8-7(9)2-4-14-8/h2,4,10-11H,3,5-6H2,1H3. The summed E-state index contributed by atoms with van der Waals surface area (Å²) >= 11 is 3.31. The zero-order valence-corrected chi connectivity index (χ0v) is 10.7. The fraction of sp³-hybridized carbons (Fsp3) is 0.500. The first-order chi connectivity index (χ1) is 7.05. The Morgan fingerprint density at radius 2 is 2.27 bits per heavy atom. The Morgan fingerprint density at radius 1 is 1.53 bits per heavy atom. The van der Waals surface area contributed by atoms with Crippen molar-refractivity contribution in [3.8, 4) is 0 Å². The quantitative estimate of drug-likeness (QED) is 0.758. The molecule has 0 amide bonds. The van der Waals surface area contributed by atoms with E-state index in [0.717, 1.165) is 10.2 Å². The lowest BCUT2D eigenvalue weighted by Gasteiger charge is -2.03. The average molecular weight is 297 g/mol. The number of hydrogen-bond acceptors (Lipinski definition) is 4. The van der Waals surface area contributed by atoms with Crippen LogP contribution in [0.3, 0.4) is 0 Å². The van der Waals surface area contributed by atoms with E-state index in [1.54, 1.807) is 12.3 Å². The summed E-state index contributed by atoms with van der Waals surface area (Å²) in [4.78, 5) is 0. The highest BCUT2D eigenvalue weighted by molar-refractivity contribution is 9.10. The molecule has 1 aromatic heterocycles. The van der Waals surface area contributed by atoms with E-state index in [9.17, 15) is 8.42 Å². The van der Waals surface area contributed by atoms with E-state index < -0.39 is 10.0 Å². The van der Waals surface area contributed by atoms with Gasteiger partial charge in [0.05, 0.1) is 23.0 Å². The molecule has 0 aliphatic heterocycles. The molecule has 0 unspecified atom stereocenters. The van der Waals surface area contributed by atoms with Gasteiger partial charge in [-0.3, -0.25) is 0 Å². The summed E-state index contributed by atoms with van der Waals surface area (Å²) in [6.45, 7) is 0.892. The van der Waals surface area contributed by atoms with Crippen LogP contribution in [0.1, 0.15) is 5.76 Å². The number of nitrogens with one attached hydrogen (secondary N) is 2. The van der Waals surface area contributed by atoms with E-state index in [0.29, 0.717) is 13.1 Å². The van der Waals surface area contributed by atoms with Gasteiger partial charge >= 0.3 is 0 Å². The molecule has 15 heavy (non-hydrogen) atoms. The SMILES string of the molecule is CNS(=O)(=O)CCNCc1occc1Br. The van der Waals surface area contributed by atoms with Crippen molar-refractivity contribution in [2.75, 3.05) is 19.3 Å². The van der Waals surface area contributed by atoms with Crippen molar-refractivity contribution in [3.63, 3.8) is 0 Å². The lowest BCUT2D eigenvalue weighted by molar-refractivity contribution is 0.484. The molecule has 0 fully saturated rings. The van der Waals surface area contributed by atoms with Crippen LogP contribution >= 0.6 is 15.9 Å². The number of sulfonamides is 1. The molecule has 0 bridgehead atoms. The zero-order valence-electron chi connectivity index (χ0n) is 8.29. The van der Waals surface area contributed by atoms with Gasteiger partial charge in [-0.1, -0.05) is 0 Å². The minimum absolute atomic E-state index is 0.0574. The molecule has 0 spiro atoms. The summed E-state index contributed by atoms with van der Waals surface area (Å²) in [5, 5.41) is 2.98. The Bertz CT molecular complexity index is 402. The topological polar surface area (TPSA) is 71.3 Å². The highest BCUT2D eigenvalue weighted by atomic mass is 79.9. The maximum atomic E-state index is 11.0. The molecule has 0 radical (unpaired) electrons. The Balaban J connectivity index is 2.26. The van der Waals surface area contributed by atoms with Crippen LogP contribution in [0.4, 0.5) is 0 Å². The molecule has 1 aromatic rings. The lowest BCUT2D eigenvalue weighted by Crippen LogP contribution is -2.29. The number of furan rings is 1. The molecule has 0 aliphatic rings. The van der Waals surface area contributed by atoms with Gasteiger partial charge in [0.15, 0.2) is 0 Å². The Morgan fingerprint density at radius 3 is 2.80 bits per heavy atom. The first kappa shape index (κ1) is 12.7. The second-order valence-electron chi connectivity index (χ2n) is 2.89. The lowest BCUT2D eigenvalue weighted by atomic mass is 10.4. The number of halogens is 1. The number of hydrogen-bond donors (Lipinski definition) is 2. The fourth-order valence-electron chi connectivity index (χ4n) is 0.962. The van der Waals surface area contributed by atoms with Gasteiger partial charge in [-0.2, -0.15) is 0 Å². The molecule has 2 N–H and O–H groups in total. The van der Waals surface area contributed by atoms with Gasteiger partial charge < -0.3 is 9.73 Å². The maximum Gasteiger partial charge on any atom is 0.212 e. The normalized spacial score (nSPS) is 11.9. The smallest absolute Gasteiger partial charge is 0.212 e. The molecule has 86 valence electrons. The molecule has 7 heteroatoms. The molecular weight excluding hydrogens is 284 g/mol. The Kier molecular flexibility index (Phi) is 4.78. The first-order valence-corrected chi connectivity index (χ1v) is 6.83. The molecule has 0 aromatic carbocycles. The van der Waals surface area contributed by atoms with E-state index in [4.69, 9.17) is 4.42 Å². The van der Waals surface area contributed by atoms with Crippen LogP contribution in [0, 0.1) is 0 Å². The van der Waals surface area contributed by atoms with Crippen LogP contribution in [-0.4, -0.2) is 27.8 Å². The Labute approximate surface area is 97.4 Å². The molecule has 0 atom stereocenters. The van der Waals surface area contributed by atoms with Crippen molar-refractivity contribution < 1.29 is 12.8 Å². The summed E-state index contributed by atoms with van der Waals surface area (Å²) in [6.07, 6.45) is 1.57. The van der Waals surface area contributed by atoms with Crippen molar-refractivity contribution in [3.05, 3.63) is 22.6 Å². The van der Waals surface area contributed by atoms with Gasteiger partial charge in [0.1, 0.15) is 5.76 Å². The van der Waals surface area contributed by atoms with E-state index in [1.165, 1.54) is 7.05 Å². The highest BCUT2D eigenvalue weighted by Crippen LogP contribution is 2.16. The molecule has 5 nitrogen and oxygen atoms in total. The van der Waals surface area contributed by atoms with Crippen LogP contribution in [-0.2, 0) is 16.6 Å². The monoisotopic (exact) mass is 296 g/mol. The van der Waals surface area contributed by atoms with Crippen molar-refractivity contribution >= 4 is 26.0 Å². The number of rotatable bonds is 6. The first-order valence-electron chi connectivity index (χ1n) is 4.39. The van der Waals surface area contributed by atoms with E-state index >= 15 is 0 Å². The fourth-order valence-corrected chi connectivity index (χ4v) is 1.92.